The van der Waals surface area contributed by atoms with Gasteiger partial charge in [0.1, 0.15) is 0 Å². The van der Waals surface area contributed by atoms with Gasteiger partial charge in [0.15, 0.2) is 0 Å². The molecule has 0 aromatic heterocycles. The molecule has 0 aliphatic carbocycles. The van der Waals surface area contributed by atoms with E-state index < -0.39 is 0 Å². The predicted octanol–water partition coefficient (Wildman–Crippen LogP) is 7.33. The summed E-state index contributed by atoms with van der Waals surface area (Å²) in [5.41, 5.74) is 0. The lowest BCUT2D eigenvalue weighted by Gasteiger charge is -2.28. The Morgan fingerprint density at radius 1 is 0.842 bits per heavy atom. The Labute approximate surface area is 130 Å². The van der Waals surface area contributed by atoms with Crippen molar-refractivity contribution < 1.29 is 0 Å². The van der Waals surface area contributed by atoms with Crippen LogP contribution in [0.1, 0.15) is 92.9 Å². The van der Waals surface area contributed by atoms with E-state index in [0.29, 0.717) is 4.75 Å². The third-order valence-corrected chi connectivity index (χ3v) is 7.55. The molecule has 2 heteroatoms. The Hall–Kier alpha value is 0.700. The van der Waals surface area contributed by atoms with Crippen LogP contribution < -0.4 is 0 Å². The molecule has 0 aliphatic heterocycles. The Morgan fingerprint density at radius 2 is 1.42 bits per heavy atom. The zero-order chi connectivity index (χ0) is 14.7. The first kappa shape index (κ1) is 19.7. The van der Waals surface area contributed by atoms with Gasteiger partial charge in [-0.1, -0.05) is 95.2 Å². The minimum absolute atomic E-state index is 0.386. The number of rotatable bonds is 11. The summed E-state index contributed by atoms with van der Waals surface area (Å²) in [7, 11) is 4.25. The van der Waals surface area contributed by atoms with Crippen LogP contribution in [0.4, 0.5) is 0 Å². The van der Waals surface area contributed by atoms with Crippen molar-refractivity contribution in [2.75, 3.05) is 0 Å². The van der Waals surface area contributed by atoms with Crippen molar-refractivity contribution in [2.24, 2.45) is 5.92 Å². The molecule has 116 valence electrons. The van der Waals surface area contributed by atoms with Crippen LogP contribution in [0, 0.1) is 5.92 Å². The maximum Gasteiger partial charge on any atom is 0.0179 e. The highest BCUT2D eigenvalue weighted by atomic mass is 33.1. The SMILES string of the molecule is CCCCCC(CCCC)[C@@H](CC)SSC(C)(C)C. The summed E-state index contributed by atoms with van der Waals surface area (Å²) < 4.78 is 0.386. The highest BCUT2D eigenvalue weighted by molar-refractivity contribution is 8.77. The van der Waals surface area contributed by atoms with Crippen molar-refractivity contribution in [1.29, 1.82) is 0 Å². The first-order valence-corrected chi connectivity index (χ1v) is 10.5. The minimum atomic E-state index is 0.386. The van der Waals surface area contributed by atoms with Crippen LogP contribution in [0.5, 0.6) is 0 Å². The van der Waals surface area contributed by atoms with Gasteiger partial charge >= 0.3 is 0 Å². The van der Waals surface area contributed by atoms with E-state index in [1.807, 2.05) is 0 Å². The molecule has 2 atom stereocenters. The fourth-order valence-corrected chi connectivity index (χ4v) is 5.42. The second kappa shape index (κ2) is 11.4. The fraction of sp³-hybridized carbons (Fsp3) is 1.00. The summed E-state index contributed by atoms with van der Waals surface area (Å²) in [5.74, 6) is 0.941. The van der Waals surface area contributed by atoms with E-state index in [-0.39, 0.29) is 0 Å². The third-order valence-electron chi connectivity index (χ3n) is 3.46. The zero-order valence-corrected chi connectivity index (χ0v) is 15.8. The Kier molecular flexibility index (Phi) is 11.8. The van der Waals surface area contributed by atoms with Crippen molar-refractivity contribution in [2.45, 2.75) is 103 Å². The van der Waals surface area contributed by atoms with Crippen LogP contribution in [-0.2, 0) is 0 Å². The average molecular weight is 305 g/mol. The number of hydrogen-bond donors (Lipinski definition) is 0. The highest BCUT2D eigenvalue weighted by Crippen LogP contribution is 2.43. The van der Waals surface area contributed by atoms with Crippen molar-refractivity contribution in [1.82, 2.24) is 0 Å². The lowest BCUT2D eigenvalue weighted by atomic mass is 9.91. The van der Waals surface area contributed by atoms with Crippen LogP contribution in [-0.4, -0.2) is 10.00 Å². The van der Waals surface area contributed by atoms with Gasteiger partial charge in [-0.05, 0) is 25.2 Å². The molecular formula is C17H36S2. The van der Waals surface area contributed by atoms with E-state index >= 15 is 0 Å². The average Bonchev–Trinajstić information content (AvgIpc) is 2.34. The van der Waals surface area contributed by atoms with Crippen molar-refractivity contribution in [3.8, 4) is 0 Å². The van der Waals surface area contributed by atoms with Gasteiger partial charge in [-0.25, -0.2) is 0 Å². The Bertz CT molecular complexity index is 196. The van der Waals surface area contributed by atoms with E-state index in [0.717, 1.165) is 11.2 Å². The highest BCUT2D eigenvalue weighted by Gasteiger charge is 2.22. The topological polar surface area (TPSA) is 0 Å². The molecule has 0 fully saturated rings. The van der Waals surface area contributed by atoms with E-state index in [1.165, 1.54) is 51.4 Å². The minimum Gasteiger partial charge on any atom is -0.0899 e. The zero-order valence-electron chi connectivity index (χ0n) is 14.1. The third kappa shape index (κ3) is 11.1. The van der Waals surface area contributed by atoms with Crippen molar-refractivity contribution in [3.63, 3.8) is 0 Å². The van der Waals surface area contributed by atoms with Crippen LogP contribution in [0.25, 0.3) is 0 Å². The molecular weight excluding hydrogens is 268 g/mol. The predicted molar refractivity (Wildman–Crippen MR) is 96.2 cm³/mol. The first-order chi connectivity index (χ1) is 8.94. The molecule has 0 amide bonds. The summed E-state index contributed by atoms with van der Waals surface area (Å²) in [4.78, 5) is 0. The second-order valence-electron chi connectivity index (χ2n) is 6.64. The Morgan fingerprint density at radius 3 is 1.89 bits per heavy atom. The van der Waals surface area contributed by atoms with Gasteiger partial charge < -0.3 is 0 Å². The molecule has 0 aromatic rings. The van der Waals surface area contributed by atoms with E-state index in [9.17, 15) is 0 Å². The van der Waals surface area contributed by atoms with Gasteiger partial charge in [0, 0.05) is 10.00 Å². The monoisotopic (exact) mass is 304 g/mol. The molecule has 0 aromatic carbocycles. The lowest BCUT2D eigenvalue weighted by Crippen LogP contribution is -2.18. The normalized spacial score (nSPS) is 15.5. The van der Waals surface area contributed by atoms with Crippen LogP contribution in [0.15, 0.2) is 0 Å². The summed E-state index contributed by atoms with van der Waals surface area (Å²) in [6, 6.07) is 0. The molecule has 0 bridgehead atoms. The van der Waals surface area contributed by atoms with Gasteiger partial charge in [-0.2, -0.15) is 0 Å². The van der Waals surface area contributed by atoms with E-state index in [4.69, 9.17) is 0 Å². The molecule has 0 radical (unpaired) electrons. The largest absolute Gasteiger partial charge is 0.0899 e. The number of hydrogen-bond acceptors (Lipinski definition) is 2. The Balaban J connectivity index is 4.30. The standard InChI is InChI=1S/C17H36S2/c1-7-10-12-14-15(13-11-8-2)16(9-3)18-19-17(4,5)6/h15-16H,7-14H2,1-6H3/t15?,16-/m1/s1. The second-order valence-corrected chi connectivity index (χ2v) is 9.90. The summed E-state index contributed by atoms with van der Waals surface area (Å²) in [5, 5.41) is 0.854. The molecule has 19 heavy (non-hydrogen) atoms. The molecule has 1 unspecified atom stereocenters. The maximum atomic E-state index is 2.37. The van der Waals surface area contributed by atoms with Crippen LogP contribution in [0.3, 0.4) is 0 Å². The smallest absolute Gasteiger partial charge is 0.0179 e. The van der Waals surface area contributed by atoms with E-state index in [2.05, 4.69) is 63.1 Å². The maximum absolute atomic E-state index is 2.37. The molecule has 0 spiro atoms. The molecule has 0 nitrogen and oxygen atoms in total. The number of unbranched alkanes of at least 4 members (excludes halogenated alkanes) is 3. The summed E-state index contributed by atoms with van der Waals surface area (Å²) in [6.45, 7) is 14.0. The molecule has 0 rings (SSSR count). The molecule has 0 heterocycles. The quantitative estimate of drug-likeness (QED) is 0.289. The lowest BCUT2D eigenvalue weighted by molar-refractivity contribution is 0.397. The van der Waals surface area contributed by atoms with Crippen LogP contribution >= 0.6 is 21.6 Å². The van der Waals surface area contributed by atoms with E-state index in [1.54, 1.807) is 0 Å². The van der Waals surface area contributed by atoms with Crippen molar-refractivity contribution in [3.05, 3.63) is 0 Å². The van der Waals surface area contributed by atoms with Gasteiger partial charge in [-0.15, -0.1) is 0 Å². The molecule has 0 aliphatic rings. The molecule has 0 saturated carbocycles. The summed E-state index contributed by atoms with van der Waals surface area (Å²) >= 11 is 0. The van der Waals surface area contributed by atoms with Gasteiger partial charge in [-0.3, -0.25) is 0 Å². The van der Waals surface area contributed by atoms with Gasteiger partial charge in [0.25, 0.3) is 0 Å². The van der Waals surface area contributed by atoms with Gasteiger partial charge in [0.05, 0.1) is 0 Å². The first-order valence-electron chi connectivity index (χ1n) is 8.29. The van der Waals surface area contributed by atoms with Gasteiger partial charge in [0.2, 0.25) is 0 Å². The fourth-order valence-electron chi connectivity index (χ4n) is 2.33. The van der Waals surface area contributed by atoms with Crippen molar-refractivity contribution >= 4 is 21.6 Å². The molecule has 0 N–H and O–H groups in total. The summed E-state index contributed by atoms with van der Waals surface area (Å²) in [6.07, 6.45) is 11.2. The molecule has 0 saturated heterocycles. The van der Waals surface area contributed by atoms with Crippen LogP contribution in [0.2, 0.25) is 0 Å².